The quantitative estimate of drug-likeness (QED) is 0.735. The predicted molar refractivity (Wildman–Crippen MR) is 64.3 cm³/mol. The highest BCUT2D eigenvalue weighted by molar-refractivity contribution is 7.93. The Bertz CT molecular complexity index is 635. The Morgan fingerprint density at radius 1 is 0.950 bits per heavy atom. The molecule has 0 aliphatic rings. The van der Waals surface area contributed by atoms with Gasteiger partial charge in [-0.25, -0.2) is 8.42 Å². The van der Waals surface area contributed by atoms with E-state index in [0.717, 1.165) is 0 Å². The van der Waals surface area contributed by atoms with Gasteiger partial charge in [0, 0.05) is 0 Å². The molecule has 0 atom stereocenters. The average Bonchev–Trinajstić information content (AvgIpc) is 2.35. The first kappa shape index (κ1) is 16.9. The molecule has 0 saturated carbocycles. The molecule has 0 fully saturated rings. The van der Waals surface area contributed by atoms with Crippen LogP contribution in [-0.2, 0) is 24.1 Å². The normalized spacial score (nSPS) is 13.3. The molecule has 0 N–H and O–H groups in total. The van der Waals surface area contributed by atoms with Crippen LogP contribution in [0.25, 0.3) is 0 Å². The second kappa shape index (κ2) is 6.10. The van der Waals surface area contributed by atoms with Crippen LogP contribution in [0.2, 0.25) is 0 Å². The first-order chi connectivity index (χ1) is 9.02. The number of hydrogen-bond acceptors (Lipinski definition) is 5. The van der Waals surface area contributed by atoms with Crippen molar-refractivity contribution < 1.29 is 34.2 Å². The van der Waals surface area contributed by atoms with E-state index in [1.165, 1.54) is 24.3 Å². The molecule has 1 rings (SSSR count). The number of halogens is 3. The lowest BCUT2D eigenvalue weighted by Crippen LogP contribution is -2.25. The summed E-state index contributed by atoms with van der Waals surface area (Å²) >= 11 is 0. The molecule has 0 aliphatic heterocycles. The average molecular weight is 332 g/mol. The highest BCUT2D eigenvalue weighted by Gasteiger charge is 2.31. The van der Waals surface area contributed by atoms with Gasteiger partial charge in [0.05, 0.1) is 16.4 Å². The van der Waals surface area contributed by atoms with Gasteiger partial charge in [-0.15, -0.1) is 0 Å². The minimum absolute atomic E-state index is 0.106. The summed E-state index contributed by atoms with van der Waals surface area (Å²) in [5.41, 5.74) is 0. The molecule has 20 heavy (non-hydrogen) atoms. The van der Waals surface area contributed by atoms with Crippen LogP contribution in [0.1, 0.15) is 0 Å². The summed E-state index contributed by atoms with van der Waals surface area (Å²) in [7, 11) is -8.44. The second-order valence-corrected chi connectivity index (χ2v) is 7.64. The molecule has 114 valence electrons. The van der Waals surface area contributed by atoms with Crippen LogP contribution in [0, 0.1) is 0 Å². The third kappa shape index (κ3) is 5.88. The van der Waals surface area contributed by atoms with Gasteiger partial charge in [0.1, 0.15) is 0 Å². The molecule has 5 nitrogen and oxygen atoms in total. The molecule has 0 spiro atoms. The largest absolute Gasteiger partial charge is 0.413 e. The summed E-state index contributed by atoms with van der Waals surface area (Å²) in [6.07, 6.45) is -4.80. The van der Waals surface area contributed by atoms with E-state index in [1.807, 2.05) is 0 Å². The van der Waals surface area contributed by atoms with Crippen molar-refractivity contribution >= 4 is 20.0 Å². The maximum absolute atomic E-state index is 11.8. The van der Waals surface area contributed by atoms with E-state index in [1.54, 1.807) is 6.07 Å². The molecule has 0 radical (unpaired) electrons. The second-order valence-electron chi connectivity index (χ2n) is 3.77. The Morgan fingerprint density at radius 3 is 2.00 bits per heavy atom. The van der Waals surface area contributed by atoms with Crippen LogP contribution in [-0.4, -0.2) is 41.1 Å². The Balaban J connectivity index is 2.67. The molecular weight excluding hydrogens is 321 g/mol. The van der Waals surface area contributed by atoms with Crippen LogP contribution in [0.3, 0.4) is 0 Å². The Kier molecular flexibility index (Phi) is 5.16. The lowest BCUT2D eigenvalue weighted by atomic mass is 10.4. The van der Waals surface area contributed by atoms with E-state index in [0.29, 0.717) is 0 Å². The lowest BCUT2D eigenvalue weighted by Gasteiger charge is -2.08. The van der Waals surface area contributed by atoms with Gasteiger partial charge >= 0.3 is 6.18 Å². The molecule has 0 aromatic heterocycles. The minimum atomic E-state index is -4.80. The van der Waals surface area contributed by atoms with E-state index >= 15 is 0 Å². The number of benzene rings is 1. The minimum Gasteiger partial charge on any atom is -0.260 e. The van der Waals surface area contributed by atoms with Crippen molar-refractivity contribution in [2.75, 3.05) is 18.1 Å². The van der Waals surface area contributed by atoms with Crippen LogP contribution >= 0.6 is 0 Å². The van der Waals surface area contributed by atoms with Gasteiger partial charge in [-0.2, -0.15) is 21.6 Å². The highest BCUT2D eigenvalue weighted by Crippen LogP contribution is 2.16. The topological polar surface area (TPSA) is 77.5 Å². The van der Waals surface area contributed by atoms with Crippen molar-refractivity contribution in [1.82, 2.24) is 0 Å². The van der Waals surface area contributed by atoms with E-state index in [-0.39, 0.29) is 4.90 Å². The number of sulfone groups is 1. The molecule has 1 aromatic carbocycles. The summed E-state index contributed by atoms with van der Waals surface area (Å²) in [5, 5.41) is 0. The Hall–Kier alpha value is -1.13. The smallest absolute Gasteiger partial charge is 0.260 e. The van der Waals surface area contributed by atoms with Crippen LogP contribution in [0.15, 0.2) is 35.2 Å². The van der Waals surface area contributed by atoms with Crippen molar-refractivity contribution in [3.63, 3.8) is 0 Å². The molecule has 0 bridgehead atoms. The Labute approximate surface area is 114 Å². The molecule has 0 amide bonds. The zero-order chi connectivity index (χ0) is 15.4. The zero-order valence-electron chi connectivity index (χ0n) is 10.00. The molecule has 0 saturated heterocycles. The van der Waals surface area contributed by atoms with E-state index in [2.05, 4.69) is 4.18 Å². The SMILES string of the molecule is O=S(=O)(CCS(=O)(=O)c1ccccc1)OCC(F)(F)F. The zero-order valence-corrected chi connectivity index (χ0v) is 11.6. The van der Waals surface area contributed by atoms with Gasteiger partial charge in [-0.05, 0) is 12.1 Å². The van der Waals surface area contributed by atoms with Gasteiger partial charge in [0.2, 0.25) is 0 Å². The molecule has 0 unspecified atom stereocenters. The molecule has 1 aromatic rings. The molecule has 0 aliphatic carbocycles. The van der Waals surface area contributed by atoms with Crippen LogP contribution in [0.5, 0.6) is 0 Å². The molecular formula is C10H11F3O5S2. The summed E-state index contributed by atoms with van der Waals surface area (Å²) in [4.78, 5) is -0.106. The maximum atomic E-state index is 11.8. The van der Waals surface area contributed by atoms with Crippen molar-refractivity contribution in [1.29, 1.82) is 0 Å². The summed E-state index contributed by atoms with van der Waals surface area (Å²) in [6, 6.07) is 6.99. The third-order valence-corrected chi connectivity index (χ3v) is 5.28. The third-order valence-electron chi connectivity index (χ3n) is 2.11. The van der Waals surface area contributed by atoms with Gasteiger partial charge in [0.15, 0.2) is 16.4 Å². The molecule has 0 heterocycles. The molecule has 10 heteroatoms. The van der Waals surface area contributed by atoms with E-state index < -0.39 is 44.2 Å². The van der Waals surface area contributed by atoms with Crippen molar-refractivity contribution in [3.8, 4) is 0 Å². The summed E-state index contributed by atoms with van der Waals surface area (Å²) in [6.45, 7) is -1.97. The van der Waals surface area contributed by atoms with Gasteiger partial charge in [-0.3, -0.25) is 4.18 Å². The fourth-order valence-corrected chi connectivity index (χ4v) is 4.11. The van der Waals surface area contributed by atoms with Gasteiger partial charge < -0.3 is 0 Å². The van der Waals surface area contributed by atoms with Crippen LogP contribution < -0.4 is 0 Å². The summed E-state index contributed by atoms with van der Waals surface area (Å²) < 4.78 is 85.0. The lowest BCUT2D eigenvalue weighted by molar-refractivity contribution is -0.152. The monoisotopic (exact) mass is 332 g/mol. The van der Waals surface area contributed by atoms with Gasteiger partial charge in [0.25, 0.3) is 10.1 Å². The number of alkyl halides is 3. The van der Waals surface area contributed by atoms with Crippen molar-refractivity contribution in [2.24, 2.45) is 0 Å². The van der Waals surface area contributed by atoms with Crippen molar-refractivity contribution in [3.05, 3.63) is 30.3 Å². The number of rotatable bonds is 6. The fourth-order valence-electron chi connectivity index (χ4n) is 1.17. The van der Waals surface area contributed by atoms with E-state index in [9.17, 15) is 30.0 Å². The summed E-state index contributed by atoms with van der Waals surface area (Å²) in [5.74, 6) is -1.89. The standard InChI is InChI=1S/C10H11F3O5S2/c11-10(12,13)8-18-20(16,17)7-6-19(14,15)9-4-2-1-3-5-9/h1-5H,6-8H2. The maximum Gasteiger partial charge on any atom is 0.413 e. The van der Waals surface area contributed by atoms with Gasteiger partial charge in [-0.1, -0.05) is 18.2 Å². The first-order valence-corrected chi connectivity index (χ1v) is 8.46. The van der Waals surface area contributed by atoms with E-state index in [4.69, 9.17) is 0 Å². The first-order valence-electron chi connectivity index (χ1n) is 5.23. The predicted octanol–water partition coefficient (Wildman–Crippen LogP) is 1.37. The number of hydrogen-bond donors (Lipinski definition) is 0. The van der Waals surface area contributed by atoms with Crippen LogP contribution in [0.4, 0.5) is 13.2 Å². The highest BCUT2D eigenvalue weighted by atomic mass is 32.2. The van der Waals surface area contributed by atoms with Crippen molar-refractivity contribution in [2.45, 2.75) is 11.1 Å². The Morgan fingerprint density at radius 2 is 1.50 bits per heavy atom. The fraction of sp³-hybridized carbons (Fsp3) is 0.400.